The molecule has 0 heterocycles. The zero-order valence-corrected chi connectivity index (χ0v) is 14.0. The smallest absolute Gasteiger partial charge is 0.744 e. The third-order valence-electron chi connectivity index (χ3n) is 3.04. The van der Waals surface area contributed by atoms with Gasteiger partial charge in [0.2, 0.25) is 0 Å². The summed E-state index contributed by atoms with van der Waals surface area (Å²) in [5.74, 6) is 0. The van der Waals surface area contributed by atoms with Gasteiger partial charge < -0.3 is 4.55 Å². The van der Waals surface area contributed by atoms with Crippen molar-refractivity contribution in [3.63, 3.8) is 0 Å². The summed E-state index contributed by atoms with van der Waals surface area (Å²) in [6.07, 6.45) is 3.03. The summed E-state index contributed by atoms with van der Waals surface area (Å²) in [6, 6.07) is 10.3. The first-order chi connectivity index (χ1) is 8.54. The van der Waals surface area contributed by atoms with E-state index >= 15 is 0 Å². The second-order valence-corrected chi connectivity index (χ2v) is 5.67. The number of benzene rings is 2. The van der Waals surface area contributed by atoms with Crippen molar-refractivity contribution >= 4 is 20.9 Å². The molecule has 96 valence electrons. The van der Waals surface area contributed by atoms with Crippen molar-refractivity contribution in [2.75, 3.05) is 0 Å². The Kier molecular flexibility index (Phi) is 6.02. The molecule has 0 aliphatic heterocycles. The summed E-state index contributed by atoms with van der Waals surface area (Å²) in [6.45, 7) is 2.11. The number of unbranched alkanes of at least 4 members (excludes halogenated alkanes) is 1. The number of aryl methyl sites for hydroxylation is 1. The number of hydrogen-bond acceptors (Lipinski definition) is 3. The van der Waals surface area contributed by atoms with Crippen LogP contribution in [0.4, 0.5) is 0 Å². The zero-order valence-electron chi connectivity index (χ0n) is 11.2. The fourth-order valence-corrected chi connectivity index (χ4v) is 2.82. The van der Waals surface area contributed by atoms with E-state index in [2.05, 4.69) is 6.92 Å². The Morgan fingerprint density at radius 2 is 1.68 bits per heavy atom. The topological polar surface area (TPSA) is 57.2 Å². The normalized spacial score (nSPS) is 11.3. The fraction of sp³-hybridized carbons (Fsp3) is 0.286. The van der Waals surface area contributed by atoms with Gasteiger partial charge >= 0.3 is 29.6 Å². The van der Waals surface area contributed by atoms with E-state index in [4.69, 9.17) is 0 Å². The van der Waals surface area contributed by atoms with Crippen LogP contribution in [0.5, 0.6) is 0 Å². The standard InChI is InChI=1S/C14H16O3S.Na/c1-2-3-6-11-9-10-14(18(15,16)17)13-8-5-4-7-12(11)13;/h4-5,7-10H,2-3,6H2,1H3,(H,15,16,17);/q;+1/p-1. The molecule has 0 amide bonds. The summed E-state index contributed by atoms with van der Waals surface area (Å²) in [5.41, 5.74) is 1.10. The molecule has 2 rings (SSSR count). The predicted octanol–water partition coefficient (Wildman–Crippen LogP) is 0.0905. The maximum atomic E-state index is 11.2. The van der Waals surface area contributed by atoms with E-state index < -0.39 is 10.1 Å². The second kappa shape index (κ2) is 6.86. The number of rotatable bonds is 4. The Morgan fingerprint density at radius 1 is 1.05 bits per heavy atom. The summed E-state index contributed by atoms with van der Waals surface area (Å²) in [4.78, 5) is -0.127. The van der Waals surface area contributed by atoms with Gasteiger partial charge in [-0.15, -0.1) is 0 Å². The molecule has 0 saturated heterocycles. The van der Waals surface area contributed by atoms with Crippen LogP contribution in [0.2, 0.25) is 0 Å². The average molecular weight is 286 g/mol. The van der Waals surface area contributed by atoms with Crippen LogP contribution in [0.3, 0.4) is 0 Å². The van der Waals surface area contributed by atoms with Gasteiger partial charge in [0.15, 0.2) is 0 Å². The second-order valence-electron chi connectivity index (χ2n) is 4.33. The first kappa shape index (κ1) is 16.7. The summed E-state index contributed by atoms with van der Waals surface area (Å²) < 4.78 is 33.6. The molecular formula is C14H15NaO3S. The van der Waals surface area contributed by atoms with Crippen LogP contribution in [0.25, 0.3) is 10.8 Å². The van der Waals surface area contributed by atoms with E-state index in [1.807, 2.05) is 12.1 Å². The van der Waals surface area contributed by atoms with Crippen molar-refractivity contribution in [3.05, 3.63) is 42.0 Å². The van der Waals surface area contributed by atoms with Gasteiger partial charge in [0.05, 0.1) is 4.90 Å². The SMILES string of the molecule is CCCCc1ccc(S(=O)(=O)[O-])c2ccccc12.[Na+]. The molecule has 2 aromatic rings. The van der Waals surface area contributed by atoms with Crippen LogP contribution in [0, 0.1) is 0 Å². The van der Waals surface area contributed by atoms with Crippen LogP contribution in [-0.2, 0) is 16.5 Å². The third kappa shape index (κ3) is 3.80. The minimum absolute atomic E-state index is 0. The predicted molar refractivity (Wildman–Crippen MR) is 70.5 cm³/mol. The number of fused-ring (bicyclic) bond motifs is 1. The molecule has 0 aliphatic carbocycles. The molecule has 0 spiro atoms. The Balaban J connectivity index is 0.00000180. The Morgan fingerprint density at radius 3 is 2.26 bits per heavy atom. The van der Waals surface area contributed by atoms with E-state index in [0.29, 0.717) is 5.39 Å². The molecule has 0 atom stereocenters. The molecular weight excluding hydrogens is 271 g/mol. The molecule has 0 unspecified atom stereocenters. The van der Waals surface area contributed by atoms with Crippen LogP contribution >= 0.6 is 0 Å². The quantitative estimate of drug-likeness (QED) is 0.591. The largest absolute Gasteiger partial charge is 1.00 e. The molecule has 2 aromatic carbocycles. The molecule has 0 fully saturated rings. The molecule has 0 aliphatic rings. The summed E-state index contributed by atoms with van der Waals surface area (Å²) in [7, 11) is -4.42. The molecule has 0 aromatic heterocycles. The van der Waals surface area contributed by atoms with E-state index in [9.17, 15) is 13.0 Å². The van der Waals surface area contributed by atoms with Crippen molar-refractivity contribution in [2.45, 2.75) is 31.1 Å². The molecule has 0 N–H and O–H groups in total. The maximum absolute atomic E-state index is 11.2. The third-order valence-corrected chi connectivity index (χ3v) is 3.94. The Bertz CT molecular complexity index is 665. The van der Waals surface area contributed by atoms with Gasteiger partial charge in [-0.2, -0.15) is 0 Å². The van der Waals surface area contributed by atoms with Crippen molar-refractivity contribution < 1.29 is 42.5 Å². The van der Waals surface area contributed by atoms with Crippen molar-refractivity contribution in [3.8, 4) is 0 Å². The average Bonchev–Trinajstić information content (AvgIpc) is 2.34. The van der Waals surface area contributed by atoms with Crippen LogP contribution in [0.15, 0.2) is 41.3 Å². The van der Waals surface area contributed by atoms with Crippen molar-refractivity contribution in [1.29, 1.82) is 0 Å². The van der Waals surface area contributed by atoms with Gasteiger partial charge in [0.25, 0.3) is 0 Å². The first-order valence-electron chi connectivity index (χ1n) is 6.00. The van der Waals surface area contributed by atoms with Crippen LogP contribution in [-0.4, -0.2) is 13.0 Å². The molecule has 0 radical (unpaired) electrons. The van der Waals surface area contributed by atoms with Gasteiger partial charge in [-0.3, -0.25) is 0 Å². The van der Waals surface area contributed by atoms with Crippen LogP contribution in [0.1, 0.15) is 25.3 Å². The minimum atomic E-state index is -4.42. The molecule has 0 bridgehead atoms. The minimum Gasteiger partial charge on any atom is -0.744 e. The maximum Gasteiger partial charge on any atom is 1.00 e. The van der Waals surface area contributed by atoms with Crippen LogP contribution < -0.4 is 29.6 Å². The molecule has 5 heteroatoms. The first-order valence-corrected chi connectivity index (χ1v) is 7.41. The fourth-order valence-electron chi connectivity index (χ4n) is 2.14. The van der Waals surface area contributed by atoms with Crippen molar-refractivity contribution in [2.24, 2.45) is 0 Å². The number of hydrogen-bond donors (Lipinski definition) is 0. The molecule has 19 heavy (non-hydrogen) atoms. The van der Waals surface area contributed by atoms with E-state index in [-0.39, 0.29) is 34.5 Å². The van der Waals surface area contributed by atoms with Gasteiger partial charge in [-0.05, 0) is 35.2 Å². The van der Waals surface area contributed by atoms with E-state index in [1.54, 1.807) is 18.2 Å². The Hall–Kier alpha value is -0.390. The summed E-state index contributed by atoms with van der Waals surface area (Å²) >= 11 is 0. The van der Waals surface area contributed by atoms with Gasteiger partial charge in [0.1, 0.15) is 10.1 Å². The van der Waals surface area contributed by atoms with Gasteiger partial charge in [0, 0.05) is 0 Å². The monoisotopic (exact) mass is 286 g/mol. The Labute approximate surface area is 136 Å². The molecule has 3 nitrogen and oxygen atoms in total. The zero-order chi connectivity index (χ0) is 13.2. The summed E-state index contributed by atoms with van der Waals surface area (Å²) in [5, 5.41) is 1.39. The van der Waals surface area contributed by atoms with Gasteiger partial charge in [-0.25, -0.2) is 8.42 Å². The van der Waals surface area contributed by atoms with E-state index in [1.165, 1.54) is 6.07 Å². The van der Waals surface area contributed by atoms with E-state index in [0.717, 1.165) is 30.2 Å². The molecule has 0 saturated carbocycles. The van der Waals surface area contributed by atoms with Gasteiger partial charge in [-0.1, -0.05) is 43.7 Å². The van der Waals surface area contributed by atoms with Crippen molar-refractivity contribution in [1.82, 2.24) is 0 Å².